The van der Waals surface area contributed by atoms with Crippen molar-refractivity contribution in [3.05, 3.63) is 119 Å². The van der Waals surface area contributed by atoms with Crippen LogP contribution in [-0.4, -0.2) is 28.0 Å². The van der Waals surface area contributed by atoms with Crippen LogP contribution in [0.2, 0.25) is 0 Å². The molecule has 0 aliphatic heterocycles. The number of methoxy groups -OCH3 is 1. The van der Waals surface area contributed by atoms with Gasteiger partial charge in [0, 0.05) is 19.2 Å². The molecule has 0 aliphatic carbocycles. The van der Waals surface area contributed by atoms with Crippen LogP contribution in [0.1, 0.15) is 27.0 Å². The molecule has 0 fully saturated rings. The number of hydrogen-bond donors (Lipinski definition) is 2. The lowest BCUT2D eigenvalue weighted by Crippen LogP contribution is -2.31. The summed E-state index contributed by atoms with van der Waals surface area (Å²) in [5, 5.41) is 19.3. The van der Waals surface area contributed by atoms with E-state index in [1.54, 1.807) is 31.4 Å². The minimum absolute atomic E-state index is 0.252. The molecule has 2 N–H and O–H groups in total. The molecule has 0 saturated carbocycles. The molecule has 156 valence electrons. The zero-order valence-corrected chi connectivity index (χ0v) is 16.8. The van der Waals surface area contributed by atoms with E-state index in [9.17, 15) is 15.0 Å². The molecule has 0 bridgehead atoms. The highest BCUT2D eigenvalue weighted by atomic mass is 16.7. The SMILES string of the molecule is COC(c1ccccc1)(c1ccccc1)c1ccc(C(=O)On2c(O)ccc2O)cc1. The van der Waals surface area contributed by atoms with Gasteiger partial charge in [-0.1, -0.05) is 72.8 Å². The van der Waals surface area contributed by atoms with Crippen molar-refractivity contribution in [1.29, 1.82) is 0 Å². The minimum Gasteiger partial charge on any atom is -0.492 e. The number of carbonyl (C=O) groups is 1. The topological polar surface area (TPSA) is 80.9 Å². The van der Waals surface area contributed by atoms with Crippen LogP contribution in [-0.2, 0) is 10.3 Å². The maximum Gasteiger partial charge on any atom is 0.363 e. The molecule has 1 heterocycles. The summed E-state index contributed by atoms with van der Waals surface area (Å²) < 4.78 is 6.78. The van der Waals surface area contributed by atoms with E-state index in [2.05, 4.69) is 0 Å². The standard InChI is InChI=1S/C25H21NO5/c1-30-25(19-8-4-2-5-9-19,20-10-6-3-7-11-20)21-14-12-18(13-15-21)24(29)31-26-22(27)16-17-23(26)28/h2-17,27-28H,1H3. The normalized spacial score (nSPS) is 11.3. The molecule has 4 rings (SSSR count). The van der Waals surface area contributed by atoms with E-state index in [4.69, 9.17) is 9.57 Å². The van der Waals surface area contributed by atoms with Gasteiger partial charge in [-0.25, -0.2) is 4.79 Å². The highest BCUT2D eigenvalue weighted by Crippen LogP contribution is 2.39. The van der Waals surface area contributed by atoms with Gasteiger partial charge in [-0.3, -0.25) is 0 Å². The van der Waals surface area contributed by atoms with Crippen LogP contribution in [0.3, 0.4) is 0 Å². The van der Waals surface area contributed by atoms with E-state index in [-0.39, 0.29) is 17.3 Å². The lowest BCUT2D eigenvalue weighted by molar-refractivity contribution is 0.0381. The zero-order valence-electron chi connectivity index (χ0n) is 16.8. The van der Waals surface area contributed by atoms with Crippen molar-refractivity contribution in [2.75, 3.05) is 7.11 Å². The minimum atomic E-state index is -0.873. The van der Waals surface area contributed by atoms with Gasteiger partial charge in [-0.15, -0.1) is 4.73 Å². The molecule has 6 nitrogen and oxygen atoms in total. The van der Waals surface area contributed by atoms with Crippen molar-refractivity contribution in [3.63, 3.8) is 0 Å². The number of aromatic hydroxyl groups is 2. The Morgan fingerprint density at radius 2 is 1.16 bits per heavy atom. The molecule has 1 aromatic heterocycles. The molecule has 0 unspecified atom stereocenters. The second-order valence-electron chi connectivity index (χ2n) is 6.92. The van der Waals surface area contributed by atoms with E-state index in [0.29, 0.717) is 4.73 Å². The predicted octanol–water partition coefficient (Wildman–Crippen LogP) is 4.11. The first kappa shape index (κ1) is 20.3. The van der Waals surface area contributed by atoms with Crippen molar-refractivity contribution in [2.45, 2.75) is 5.60 Å². The molecule has 0 atom stereocenters. The summed E-state index contributed by atoms with van der Waals surface area (Å²) in [6, 6.07) is 29.0. The maximum absolute atomic E-state index is 12.5. The van der Waals surface area contributed by atoms with Crippen LogP contribution < -0.4 is 4.84 Å². The third-order valence-corrected chi connectivity index (χ3v) is 5.17. The summed E-state index contributed by atoms with van der Waals surface area (Å²) in [5.74, 6) is -1.49. The van der Waals surface area contributed by atoms with Crippen molar-refractivity contribution in [1.82, 2.24) is 4.73 Å². The summed E-state index contributed by atoms with van der Waals surface area (Å²) in [7, 11) is 1.65. The Morgan fingerprint density at radius 1 is 0.710 bits per heavy atom. The van der Waals surface area contributed by atoms with Gasteiger partial charge in [-0.05, 0) is 28.8 Å². The first-order valence-electron chi connectivity index (χ1n) is 9.65. The Hall–Kier alpha value is -4.03. The van der Waals surface area contributed by atoms with Crippen molar-refractivity contribution in [3.8, 4) is 11.8 Å². The largest absolute Gasteiger partial charge is 0.492 e. The predicted molar refractivity (Wildman–Crippen MR) is 115 cm³/mol. The van der Waals surface area contributed by atoms with Crippen LogP contribution in [0.4, 0.5) is 0 Å². The number of rotatable bonds is 6. The monoisotopic (exact) mass is 415 g/mol. The third kappa shape index (κ3) is 3.65. The van der Waals surface area contributed by atoms with Crippen LogP contribution in [0.5, 0.6) is 11.8 Å². The molecule has 0 amide bonds. The molecule has 0 aliphatic rings. The fourth-order valence-electron chi connectivity index (χ4n) is 3.67. The lowest BCUT2D eigenvalue weighted by Gasteiger charge is -2.34. The molecule has 3 aromatic carbocycles. The Balaban J connectivity index is 1.73. The van der Waals surface area contributed by atoms with Gasteiger partial charge in [0.1, 0.15) is 5.60 Å². The fraction of sp³-hybridized carbons (Fsp3) is 0.0800. The van der Waals surface area contributed by atoms with E-state index in [0.717, 1.165) is 16.7 Å². The first-order valence-corrected chi connectivity index (χ1v) is 9.65. The summed E-state index contributed by atoms with van der Waals surface area (Å²) in [5.41, 5.74) is 2.10. The summed E-state index contributed by atoms with van der Waals surface area (Å²) in [4.78, 5) is 17.6. The van der Waals surface area contributed by atoms with Gasteiger partial charge in [0.25, 0.3) is 0 Å². The van der Waals surface area contributed by atoms with Crippen LogP contribution >= 0.6 is 0 Å². The molecule has 0 saturated heterocycles. The highest BCUT2D eigenvalue weighted by Gasteiger charge is 2.36. The number of carbonyl (C=O) groups excluding carboxylic acids is 1. The average molecular weight is 415 g/mol. The second kappa shape index (κ2) is 8.38. The fourth-order valence-corrected chi connectivity index (χ4v) is 3.67. The lowest BCUT2D eigenvalue weighted by atomic mass is 9.80. The van der Waals surface area contributed by atoms with Gasteiger partial charge < -0.3 is 19.8 Å². The first-order chi connectivity index (χ1) is 15.1. The highest BCUT2D eigenvalue weighted by molar-refractivity contribution is 5.89. The van der Waals surface area contributed by atoms with Gasteiger partial charge >= 0.3 is 5.97 Å². The Morgan fingerprint density at radius 3 is 1.61 bits per heavy atom. The molecule has 31 heavy (non-hydrogen) atoms. The van der Waals surface area contributed by atoms with Crippen LogP contribution in [0, 0.1) is 0 Å². The van der Waals surface area contributed by atoms with Gasteiger partial charge in [0.05, 0.1) is 5.56 Å². The molecular weight excluding hydrogens is 394 g/mol. The van der Waals surface area contributed by atoms with Crippen molar-refractivity contribution >= 4 is 5.97 Å². The van der Waals surface area contributed by atoms with E-state index in [1.165, 1.54) is 12.1 Å². The third-order valence-electron chi connectivity index (χ3n) is 5.17. The van der Waals surface area contributed by atoms with E-state index in [1.807, 2.05) is 60.7 Å². The molecular formula is C25H21NO5. The number of aromatic nitrogens is 1. The van der Waals surface area contributed by atoms with Gasteiger partial charge in [0.15, 0.2) is 0 Å². The Kier molecular flexibility index (Phi) is 5.47. The summed E-state index contributed by atoms with van der Waals surface area (Å²) in [6.07, 6.45) is 0. The Bertz CT molecular complexity index is 1110. The smallest absolute Gasteiger partial charge is 0.363 e. The zero-order chi connectivity index (χ0) is 21.8. The second-order valence-corrected chi connectivity index (χ2v) is 6.92. The quantitative estimate of drug-likeness (QED) is 0.463. The van der Waals surface area contributed by atoms with E-state index < -0.39 is 11.6 Å². The van der Waals surface area contributed by atoms with Crippen LogP contribution in [0.25, 0.3) is 0 Å². The number of hydrogen-bond acceptors (Lipinski definition) is 5. The van der Waals surface area contributed by atoms with Crippen LogP contribution in [0.15, 0.2) is 97.1 Å². The maximum atomic E-state index is 12.5. The van der Waals surface area contributed by atoms with Gasteiger partial charge in [0.2, 0.25) is 11.8 Å². The summed E-state index contributed by atoms with van der Waals surface area (Å²) in [6.45, 7) is 0. The van der Waals surface area contributed by atoms with Crippen molar-refractivity contribution in [2.24, 2.45) is 0 Å². The molecule has 0 radical (unpaired) electrons. The Labute approximate surface area is 179 Å². The number of benzene rings is 3. The van der Waals surface area contributed by atoms with Crippen molar-refractivity contribution < 1.29 is 24.6 Å². The molecule has 0 spiro atoms. The summed E-state index contributed by atoms with van der Waals surface area (Å²) >= 11 is 0. The van der Waals surface area contributed by atoms with E-state index >= 15 is 0 Å². The average Bonchev–Trinajstić information content (AvgIpc) is 3.14. The van der Waals surface area contributed by atoms with Gasteiger partial charge in [-0.2, -0.15) is 0 Å². The number of ether oxygens (including phenoxy) is 1. The molecule has 4 aromatic rings. The number of nitrogens with zero attached hydrogens (tertiary/aromatic N) is 1. The molecule has 6 heteroatoms.